The summed E-state index contributed by atoms with van der Waals surface area (Å²) in [4.78, 5) is 25.1. The molecule has 0 aliphatic carbocycles. The number of hydrogen-bond donors (Lipinski definition) is 1. The van der Waals surface area contributed by atoms with Crippen molar-refractivity contribution in [3.8, 4) is 0 Å². The predicted molar refractivity (Wildman–Crippen MR) is 88.5 cm³/mol. The van der Waals surface area contributed by atoms with Crippen molar-refractivity contribution in [2.75, 3.05) is 17.3 Å². The summed E-state index contributed by atoms with van der Waals surface area (Å²) in [6, 6.07) is 15.2. The summed E-state index contributed by atoms with van der Waals surface area (Å²) in [6.45, 7) is 1.47. The van der Waals surface area contributed by atoms with Crippen LogP contribution in [-0.4, -0.2) is 18.9 Å². The number of carbonyl (C=O) groups excluding carboxylic acids is 2. The number of anilines is 2. The fourth-order valence-corrected chi connectivity index (χ4v) is 2.57. The zero-order chi connectivity index (χ0) is 15.7. The van der Waals surface area contributed by atoms with Gasteiger partial charge in [-0.25, -0.2) is 0 Å². The molecule has 22 heavy (non-hydrogen) atoms. The van der Waals surface area contributed by atoms with Gasteiger partial charge in [0.2, 0.25) is 5.91 Å². The van der Waals surface area contributed by atoms with Gasteiger partial charge >= 0.3 is 0 Å². The highest BCUT2D eigenvalue weighted by atomic mass is 16.2. The third-order valence-corrected chi connectivity index (χ3v) is 3.63. The van der Waals surface area contributed by atoms with Gasteiger partial charge in [0.1, 0.15) is 0 Å². The number of nitrogens with zero attached hydrogens (tertiary/aromatic N) is 1. The Labute approximate surface area is 129 Å². The van der Waals surface area contributed by atoms with E-state index in [1.54, 1.807) is 11.9 Å². The molecular formula is C18H16N2O2. The van der Waals surface area contributed by atoms with Gasteiger partial charge < -0.3 is 10.2 Å². The average molecular weight is 292 g/mol. The molecule has 1 heterocycles. The molecule has 1 aliphatic heterocycles. The van der Waals surface area contributed by atoms with Crippen LogP contribution in [0.25, 0.3) is 11.6 Å². The van der Waals surface area contributed by atoms with Gasteiger partial charge in [0.25, 0.3) is 5.91 Å². The van der Waals surface area contributed by atoms with Crippen LogP contribution < -0.4 is 10.2 Å². The third-order valence-electron chi connectivity index (χ3n) is 3.63. The SMILES string of the molecule is CC(=O)Nc1ccc(/C=C2/C(=O)N(C)c3ccccc32)cc1. The molecule has 0 spiro atoms. The fourth-order valence-electron chi connectivity index (χ4n) is 2.57. The van der Waals surface area contributed by atoms with Gasteiger partial charge in [0.05, 0.1) is 5.69 Å². The van der Waals surface area contributed by atoms with Gasteiger partial charge in [-0.1, -0.05) is 30.3 Å². The maximum atomic E-state index is 12.4. The first-order valence-corrected chi connectivity index (χ1v) is 7.03. The molecule has 4 nitrogen and oxygen atoms in total. The average Bonchev–Trinajstić information content (AvgIpc) is 2.74. The van der Waals surface area contributed by atoms with Gasteiger partial charge in [0, 0.05) is 30.8 Å². The number of fused-ring (bicyclic) bond motifs is 1. The van der Waals surface area contributed by atoms with Gasteiger partial charge in [0.15, 0.2) is 0 Å². The Kier molecular flexibility index (Phi) is 3.51. The van der Waals surface area contributed by atoms with Crippen molar-refractivity contribution >= 4 is 34.8 Å². The molecule has 110 valence electrons. The third kappa shape index (κ3) is 2.51. The Morgan fingerprint density at radius 3 is 2.45 bits per heavy atom. The van der Waals surface area contributed by atoms with Crippen molar-refractivity contribution in [1.82, 2.24) is 0 Å². The van der Waals surface area contributed by atoms with Crippen LogP contribution in [0.3, 0.4) is 0 Å². The number of para-hydroxylation sites is 1. The largest absolute Gasteiger partial charge is 0.326 e. The minimum Gasteiger partial charge on any atom is -0.326 e. The van der Waals surface area contributed by atoms with Crippen LogP contribution in [-0.2, 0) is 9.59 Å². The Hall–Kier alpha value is -2.88. The zero-order valence-corrected chi connectivity index (χ0v) is 12.5. The molecule has 2 aromatic carbocycles. The molecule has 0 saturated carbocycles. The van der Waals surface area contributed by atoms with Crippen molar-refractivity contribution in [2.45, 2.75) is 6.92 Å². The molecule has 0 radical (unpaired) electrons. The number of hydrogen-bond acceptors (Lipinski definition) is 2. The van der Waals surface area contributed by atoms with E-state index in [9.17, 15) is 9.59 Å². The van der Waals surface area contributed by atoms with E-state index < -0.39 is 0 Å². The molecule has 2 amide bonds. The first-order chi connectivity index (χ1) is 10.6. The van der Waals surface area contributed by atoms with Crippen molar-refractivity contribution in [1.29, 1.82) is 0 Å². The summed E-state index contributed by atoms with van der Waals surface area (Å²) in [5, 5.41) is 2.72. The maximum absolute atomic E-state index is 12.4. The first kappa shape index (κ1) is 14.1. The van der Waals surface area contributed by atoms with Crippen LogP contribution in [0.4, 0.5) is 11.4 Å². The lowest BCUT2D eigenvalue weighted by Crippen LogP contribution is -2.20. The summed E-state index contributed by atoms with van der Waals surface area (Å²) < 4.78 is 0. The van der Waals surface area contributed by atoms with Crippen LogP contribution in [0.15, 0.2) is 48.5 Å². The van der Waals surface area contributed by atoms with Gasteiger partial charge in [-0.3, -0.25) is 9.59 Å². The van der Waals surface area contributed by atoms with E-state index >= 15 is 0 Å². The number of nitrogens with one attached hydrogen (secondary N) is 1. The van der Waals surface area contributed by atoms with Gasteiger partial charge in [-0.2, -0.15) is 0 Å². The minimum atomic E-state index is -0.104. The van der Waals surface area contributed by atoms with E-state index in [1.165, 1.54) is 6.92 Å². The monoisotopic (exact) mass is 292 g/mol. The Morgan fingerprint density at radius 2 is 1.77 bits per heavy atom. The van der Waals surface area contributed by atoms with Crippen LogP contribution in [0.5, 0.6) is 0 Å². The number of likely N-dealkylation sites (N-methyl/N-ethyl adjacent to an activating group) is 1. The van der Waals surface area contributed by atoms with E-state index in [0.29, 0.717) is 5.57 Å². The van der Waals surface area contributed by atoms with E-state index in [2.05, 4.69) is 5.32 Å². The smallest absolute Gasteiger partial charge is 0.258 e. The molecule has 0 aromatic heterocycles. The molecule has 4 heteroatoms. The second-order valence-corrected chi connectivity index (χ2v) is 5.24. The fraction of sp³-hybridized carbons (Fsp3) is 0.111. The summed E-state index contributed by atoms with van der Waals surface area (Å²) in [6.07, 6.45) is 1.88. The number of benzene rings is 2. The van der Waals surface area contributed by atoms with E-state index in [0.717, 1.165) is 22.5 Å². The molecule has 0 saturated heterocycles. The number of carbonyl (C=O) groups is 2. The molecule has 2 aromatic rings. The first-order valence-electron chi connectivity index (χ1n) is 7.03. The summed E-state index contributed by atoms with van der Waals surface area (Å²) in [7, 11) is 1.78. The highest BCUT2D eigenvalue weighted by Crippen LogP contribution is 2.36. The molecule has 0 unspecified atom stereocenters. The molecule has 3 rings (SSSR count). The van der Waals surface area contributed by atoms with E-state index in [1.807, 2.05) is 54.6 Å². The molecule has 1 aliphatic rings. The zero-order valence-electron chi connectivity index (χ0n) is 12.5. The lowest BCUT2D eigenvalue weighted by molar-refractivity contribution is -0.114. The lowest BCUT2D eigenvalue weighted by Gasteiger charge is -2.08. The van der Waals surface area contributed by atoms with Crippen LogP contribution in [0.2, 0.25) is 0 Å². The van der Waals surface area contributed by atoms with Crippen LogP contribution in [0.1, 0.15) is 18.1 Å². The van der Waals surface area contributed by atoms with Crippen molar-refractivity contribution in [3.63, 3.8) is 0 Å². The van der Waals surface area contributed by atoms with Crippen LogP contribution in [0, 0.1) is 0 Å². The van der Waals surface area contributed by atoms with Crippen molar-refractivity contribution in [2.24, 2.45) is 0 Å². The second-order valence-electron chi connectivity index (χ2n) is 5.24. The molecule has 0 atom stereocenters. The number of rotatable bonds is 2. The Balaban J connectivity index is 1.95. The lowest BCUT2D eigenvalue weighted by atomic mass is 10.0. The normalized spacial score (nSPS) is 15.1. The molecular weight excluding hydrogens is 276 g/mol. The van der Waals surface area contributed by atoms with Crippen molar-refractivity contribution < 1.29 is 9.59 Å². The van der Waals surface area contributed by atoms with Crippen molar-refractivity contribution in [3.05, 3.63) is 59.7 Å². The Morgan fingerprint density at radius 1 is 1.09 bits per heavy atom. The van der Waals surface area contributed by atoms with Gasteiger partial charge in [-0.15, -0.1) is 0 Å². The van der Waals surface area contributed by atoms with E-state index in [4.69, 9.17) is 0 Å². The predicted octanol–water partition coefficient (Wildman–Crippen LogP) is 3.16. The summed E-state index contributed by atoms with van der Waals surface area (Å²) in [5.74, 6) is -0.111. The van der Waals surface area contributed by atoms with Crippen LogP contribution >= 0.6 is 0 Å². The highest BCUT2D eigenvalue weighted by molar-refractivity contribution is 6.35. The quantitative estimate of drug-likeness (QED) is 0.864. The summed E-state index contributed by atoms with van der Waals surface area (Å²) in [5.41, 5.74) is 4.22. The standard InChI is InChI=1S/C18H16N2O2/c1-12(21)19-14-9-7-13(8-10-14)11-16-15-5-3-4-6-17(15)20(2)18(16)22/h3-11H,1-2H3,(H,19,21)/b16-11+. The van der Waals surface area contributed by atoms with Gasteiger partial charge in [-0.05, 0) is 29.8 Å². The highest BCUT2D eigenvalue weighted by Gasteiger charge is 2.28. The van der Waals surface area contributed by atoms with E-state index in [-0.39, 0.29) is 11.8 Å². The maximum Gasteiger partial charge on any atom is 0.258 e. The summed E-state index contributed by atoms with van der Waals surface area (Å²) >= 11 is 0. The molecule has 0 bridgehead atoms. The Bertz CT molecular complexity index is 776. The topological polar surface area (TPSA) is 49.4 Å². The molecule has 1 N–H and O–H groups in total. The minimum absolute atomic E-state index is 0.00728. The number of amides is 2. The molecule has 0 fully saturated rings. The second kappa shape index (κ2) is 5.48.